The number of nitrogens with zero attached hydrogens (tertiary/aromatic N) is 1. The third-order valence-corrected chi connectivity index (χ3v) is 2.78. The van der Waals surface area contributed by atoms with Crippen LogP contribution in [0.5, 0.6) is 0 Å². The normalized spacial score (nSPS) is 13.2. The minimum atomic E-state index is -0.219. The SMILES string of the molecule is CN=C(NCCC(=O)OC)NC(C)CCC(C)(C)C.I. The first-order valence-corrected chi connectivity index (χ1v) is 6.82. The Bertz CT molecular complexity index is 301. The van der Waals surface area contributed by atoms with Crippen LogP contribution in [-0.2, 0) is 9.53 Å². The van der Waals surface area contributed by atoms with E-state index in [9.17, 15) is 4.79 Å². The summed E-state index contributed by atoms with van der Waals surface area (Å²) in [6.45, 7) is 9.38. The molecule has 0 spiro atoms. The quantitative estimate of drug-likeness (QED) is 0.312. The molecule has 0 heterocycles. The Hall–Kier alpha value is -0.530. The number of hydrogen-bond donors (Lipinski definition) is 2. The molecule has 120 valence electrons. The van der Waals surface area contributed by atoms with Crippen molar-refractivity contribution in [2.24, 2.45) is 10.4 Å². The summed E-state index contributed by atoms with van der Waals surface area (Å²) in [5.74, 6) is 0.508. The molecule has 0 aromatic rings. The molecule has 0 aliphatic carbocycles. The fraction of sp³-hybridized carbons (Fsp3) is 0.857. The van der Waals surface area contributed by atoms with Crippen molar-refractivity contribution in [2.45, 2.75) is 53.0 Å². The lowest BCUT2D eigenvalue weighted by molar-refractivity contribution is -0.140. The van der Waals surface area contributed by atoms with Crippen molar-refractivity contribution >= 4 is 35.9 Å². The predicted molar refractivity (Wildman–Crippen MR) is 94.7 cm³/mol. The van der Waals surface area contributed by atoms with Crippen molar-refractivity contribution in [2.75, 3.05) is 20.7 Å². The van der Waals surface area contributed by atoms with E-state index in [0.29, 0.717) is 24.4 Å². The van der Waals surface area contributed by atoms with Gasteiger partial charge in [0.2, 0.25) is 0 Å². The number of ether oxygens (including phenoxy) is 1. The second-order valence-electron chi connectivity index (χ2n) is 5.97. The molecule has 20 heavy (non-hydrogen) atoms. The summed E-state index contributed by atoms with van der Waals surface area (Å²) in [5.41, 5.74) is 0.345. The molecule has 0 rings (SSSR count). The number of guanidine groups is 1. The molecular weight excluding hydrogens is 369 g/mol. The van der Waals surface area contributed by atoms with E-state index in [2.05, 4.69) is 48.1 Å². The maximum Gasteiger partial charge on any atom is 0.307 e. The Balaban J connectivity index is 0. The summed E-state index contributed by atoms with van der Waals surface area (Å²) in [6.07, 6.45) is 2.58. The minimum absolute atomic E-state index is 0. The van der Waals surface area contributed by atoms with Gasteiger partial charge in [-0.2, -0.15) is 0 Å². The van der Waals surface area contributed by atoms with Crippen LogP contribution in [0.2, 0.25) is 0 Å². The summed E-state index contributed by atoms with van der Waals surface area (Å²) >= 11 is 0. The molecule has 0 bridgehead atoms. The van der Waals surface area contributed by atoms with Crippen molar-refractivity contribution < 1.29 is 9.53 Å². The highest BCUT2D eigenvalue weighted by Gasteiger charge is 2.13. The molecule has 5 nitrogen and oxygen atoms in total. The van der Waals surface area contributed by atoms with E-state index in [4.69, 9.17) is 0 Å². The first-order chi connectivity index (χ1) is 8.78. The van der Waals surface area contributed by atoms with Gasteiger partial charge in [0, 0.05) is 19.6 Å². The smallest absolute Gasteiger partial charge is 0.307 e. The van der Waals surface area contributed by atoms with Gasteiger partial charge in [-0.1, -0.05) is 20.8 Å². The summed E-state index contributed by atoms with van der Waals surface area (Å²) in [5, 5.41) is 6.42. The monoisotopic (exact) mass is 399 g/mol. The van der Waals surface area contributed by atoms with Crippen molar-refractivity contribution in [3.8, 4) is 0 Å². The zero-order valence-corrected chi connectivity index (χ0v) is 15.9. The topological polar surface area (TPSA) is 62.7 Å². The van der Waals surface area contributed by atoms with Crippen LogP contribution in [0, 0.1) is 5.41 Å². The lowest BCUT2D eigenvalue weighted by Gasteiger charge is -2.23. The third-order valence-electron chi connectivity index (χ3n) is 2.78. The average Bonchev–Trinajstić information content (AvgIpc) is 2.34. The zero-order valence-electron chi connectivity index (χ0n) is 13.6. The Morgan fingerprint density at radius 1 is 1.35 bits per heavy atom. The van der Waals surface area contributed by atoms with Crippen molar-refractivity contribution in [3.05, 3.63) is 0 Å². The second kappa shape index (κ2) is 11.2. The number of esters is 1. The molecule has 0 radical (unpaired) electrons. The van der Waals surface area contributed by atoms with Crippen LogP contribution in [0.1, 0.15) is 47.0 Å². The first kappa shape index (κ1) is 21.8. The molecule has 0 saturated carbocycles. The van der Waals surface area contributed by atoms with Gasteiger partial charge in [-0.25, -0.2) is 0 Å². The zero-order chi connectivity index (χ0) is 14.9. The Morgan fingerprint density at radius 3 is 2.40 bits per heavy atom. The maximum absolute atomic E-state index is 11.0. The number of nitrogens with one attached hydrogen (secondary N) is 2. The van der Waals surface area contributed by atoms with E-state index in [1.807, 2.05) is 0 Å². The third kappa shape index (κ3) is 12.5. The summed E-state index contributed by atoms with van der Waals surface area (Å²) < 4.78 is 4.58. The first-order valence-electron chi connectivity index (χ1n) is 6.82. The molecule has 0 saturated heterocycles. The molecule has 1 atom stereocenters. The molecule has 0 fully saturated rings. The summed E-state index contributed by atoms with van der Waals surface area (Å²) in [4.78, 5) is 15.1. The van der Waals surface area contributed by atoms with E-state index in [1.165, 1.54) is 7.11 Å². The van der Waals surface area contributed by atoms with Gasteiger partial charge in [0.05, 0.1) is 13.5 Å². The minimum Gasteiger partial charge on any atom is -0.469 e. The Kier molecular flexibility index (Phi) is 12.1. The van der Waals surface area contributed by atoms with Gasteiger partial charge in [-0.15, -0.1) is 24.0 Å². The molecule has 0 aliphatic heterocycles. The van der Waals surface area contributed by atoms with Crippen LogP contribution in [0.3, 0.4) is 0 Å². The van der Waals surface area contributed by atoms with Crippen molar-refractivity contribution in [1.29, 1.82) is 0 Å². The van der Waals surface area contributed by atoms with Gasteiger partial charge < -0.3 is 15.4 Å². The average molecular weight is 399 g/mol. The van der Waals surface area contributed by atoms with Gasteiger partial charge in [-0.3, -0.25) is 9.79 Å². The molecular formula is C14H30IN3O2. The number of carbonyl (C=O) groups is 1. The maximum atomic E-state index is 11.0. The molecule has 1 unspecified atom stereocenters. The van der Waals surface area contributed by atoms with Gasteiger partial charge in [0.1, 0.15) is 0 Å². The van der Waals surface area contributed by atoms with Gasteiger partial charge in [0.25, 0.3) is 0 Å². The van der Waals surface area contributed by atoms with Gasteiger partial charge in [0.15, 0.2) is 5.96 Å². The standard InChI is InChI=1S/C14H29N3O2.HI/c1-11(7-9-14(2,3)4)17-13(15-5)16-10-8-12(18)19-6;/h11H,7-10H2,1-6H3,(H2,15,16,17);1H. The lowest BCUT2D eigenvalue weighted by Crippen LogP contribution is -2.43. The van der Waals surface area contributed by atoms with E-state index < -0.39 is 0 Å². The van der Waals surface area contributed by atoms with Crippen LogP contribution < -0.4 is 10.6 Å². The molecule has 0 aromatic heterocycles. The molecule has 0 aliphatic rings. The lowest BCUT2D eigenvalue weighted by atomic mass is 9.89. The largest absolute Gasteiger partial charge is 0.469 e. The highest BCUT2D eigenvalue weighted by molar-refractivity contribution is 14.0. The number of rotatable bonds is 6. The highest BCUT2D eigenvalue weighted by Crippen LogP contribution is 2.21. The summed E-state index contributed by atoms with van der Waals surface area (Å²) in [6, 6.07) is 0.351. The van der Waals surface area contributed by atoms with Gasteiger partial charge in [-0.05, 0) is 25.2 Å². The van der Waals surface area contributed by atoms with Crippen LogP contribution in [0.4, 0.5) is 0 Å². The molecule has 2 N–H and O–H groups in total. The van der Waals surface area contributed by atoms with Crippen LogP contribution in [-0.4, -0.2) is 38.7 Å². The Morgan fingerprint density at radius 2 is 1.95 bits per heavy atom. The fourth-order valence-electron chi connectivity index (χ4n) is 1.53. The fourth-order valence-corrected chi connectivity index (χ4v) is 1.53. The second-order valence-corrected chi connectivity index (χ2v) is 5.97. The Labute approximate surface area is 140 Å². The van der Waals surface area contributed by atoms with Crippen molar-refractivity contribution in [3.63, 3.8) is 0 Å². The molecule has 0 amide bonds. The number of aliphatic imine (C=N–C) groups is 1. The number of methoxy groups -OCH3 is 1. The molecule has 0 aromatic carbocycles. The van der Waals surface area contributed by atoms with Crippen molar-refractivity contribution in [1.82, 2.24) is 10.6 Å². The predicted octanol–water partition coefficient (Wildman–Crippen LogP) is 2.55. The van der Waals surface area contributed by atoms with E-state index in [0.717, 1.165) is 18.8 Å². The van der Waals surface area contributed by atoms with Gasteiger partial charge >= 0.3 is 5.97 Å². The van der Waals surface area contributed by atoms with Crippen LogP contribution in [0.15, 0.2) is 4.99 Å². The highest BCUT2D eigenvalue weighted by atomic mass is 127. The van der Waals surface area contributed by atoms with Crippen LogP contribution in [0.25, 0.3) is 0 Å². The number of carbonyl (C=O) groups excluding carboxylic acids is 1. The summed E-state index contributed by atoms with van der Waals surface area (Å²) in [7, 11) is 3.12. The van der Waals surface area contributed by atoms with E-state index in [1.54, 1.807) is 7.05 Å². The van der Waals surface area contributed by atoms with E-state index >= 15 is 0 Å². The number of hydrogen-bond acceptors (Lipinski definition) is 3. The number of halogens is 1. The molecule has 6 heteroatoms. The van der Waals surface area contributed by atoms with Crippen LogP contribution >= 0.6 is 24.0 Å². The van der Waals surface area contributed by atoms with E-state index in [-0.39, 0.29) is 29.9 Å².